The van der Waals surface area contributed by atoms with E-state index in [1.54, 1.807) is 19.9 Å². The van der Waals surface area contributed by atoms with Crippen molar-refractivity contribution in [3.05, 3.63) is 11.6 Å². The Balaban J connectivity index is 1.82. The van der Waals surface area contributed by atoms with E-state index < -0.39 is 70.5 Å². The van der Waals surface area contributed by atoms with E-state index in [2.05, 4.69) is 0 Å². The minimum atomic E-state index is -2.24. The maximum atomic E-state index is 12.5. The summed E-state index contributed by atoms with van der Waals surface area (Å²) in [6.07, 6.45) is -6.71. The van der Waals surface area contributed by atoms with Gasteiger partial charge in [-0.2, -0.15) is 0 Å². The normalized spacial score (nSPS) is 63.3. The third-order valence-electron chi connectivity index (χ3n) is 9.13. The second-order valence-corrected chi connectivity index (χ2v) is 9.94. The van der Waals surface area contributed by atoms with Crippen LogP contribution in [-0.4, -0.2) is 91.0 Å². The van der Waals surface area contributed by atoms with Gasteiger partial charge in [0.15, 0.2) is 6.10 Å². The standard InChI is InChI=1S/C20H28O9/c1-7-4-9(21)13(23)17(2)8(7)5-10-19-6-28-18(3,14(24)11(22)12(17)19)20(19,27)15(25)16(26)29-10/h4,8-15,21-25,27H,5-6H2,1-3H3/t8-,9?,10+,11?,12?,13?,14?,15?,17-,18+,19+,20+/m0/s1. The number of esters is 1. The predicted molar refractivity (Wildman–Crippen MR) is 95.1 cm³/mol. The smallest absolute Gasteiger partial charge is 0.338 e. The van der Waals surface area contributed by atoms with E-state index in [1.165, 1.54) is 6.92 Å². The van der Waals surface area contributed by atoms with Crippen LogP contribution in [0.5, 0.6) is 0 Å². The van der Waals surface area contributed by atoms with Gasteiger partial charge >= 0.3 is 5.97 Å². The van der Waals surface area contributed by atoms with Gasteiger partial charge in [0.2, 0.25) is 0 Å². The van der Waals surface area contributed by atoms with Gasteiger partial charge in [-0.1, -0.05) is 18.6 Å². The average molecular weight is 412 g/mol. The van der Waals surface area contributed by atoms with Crippen LogP contribution in [0.1, 0.15) is 27.2 Å². The Bertz CT molecular complexity index is 814. The van der Waals surface area contributed by atoms with Gasteiger partial charge in [0, 0.05) is 11.3 Å². The fourth-order valence-corrected chi connectivity index (χ4v) is 7.72. The zero-order valence-corrected chi connectivity index (χ0v) is 16.5. The van der Waals surface area contributed by atoms with Crippen molar-refractivity contribution in [2.75, 3.05) is 6.61 Å². The molecule has 1 spiro atoms. The molecule has 2 saturated heterocycles. The highest BCUT2D eigenvalue weighted by molar-refractivity contribution is 5.79. The summed E-state index contributed by atoms with van der Waals surface area (Å²) in [4.78, 5) is 12.5. The molecule has 5 aliphatic rings. The third-order valence-corrected chi connectivity index (χ3v) is 9.13. The predicted octanol–water partition coefficient (Wildman–Crippen LogP) is -2.16. The van der Waals surface area contributed by atoms with E-state index in [4.69, 9.17) is 9.47 Å². The Morgan fingerprint density at radius 1 is 1.10 bits per heavy atom. The summed E-state index contributed by atoms with van der Waals surface area (Å²) in [5, 5.41) is 66.5. The topological polar surface area (TPSA) is 157 Å². The molecule has 0 aromatic heterocycles. The minimum Gasteiger partial charge on any atom is -0.460 e. The zero-order valence-electron chi connectivity index (χ0n) is 16.5. The Hall–Kier alpha value is -1.07. The molecule has 5 rings (SSSR count). The van der Waals surface area contributed by atoms with Crippen molar-refractivity contribution in [2.45, 2.75) is 75.0 Å². The molecule has 6 unspecified atom stereocenters. The number of hydrogen-bond acceptors (Lipinski definition) is 9. The molecule has 162 valence electrons. The quantitative estimate of drug-likeness (QED) is 0.193. The largest absolute Gasteiger partial charge is 0.460 e. The highest BCUT2D eigenvalue weighted by Crippen LogP contribution is 2.73. The molecule has 9 heteroatoms. The summed E-state index contributed by atoms with van der Waals surface area (Å²) in [5.41, 5.74) is -5.93. The van der Waals surface area contributed by atoms with Crippen molar-refractivity contribution in [1.29, 1.82) is 0 Å². The molecule has 0 radical (unpaired) electrons. The summed E-state index contributed by atoms with van der Waals surface area (Å²) < 4.78 is 11.4. The third kappa shape index (κ3) is 1.75. The van der Waals surface area contributed by atoms with Gasteiger partial charge in [-0.3, -0.25) is 0 Å². The first-order chi connectivity index (χ1) is 13.4. The molecule has 9 nitrogen and oxygen atoms in total. The number of aliphatic hydroxyl groups is 6. The maximum Gasteiger partial charge on any atom is 0.338 e. The van der Waals surface area contributed by atoms with Crippen molar-refractivity contribution in [3.8, 4) is 0 Å². The van der Waals surface area contributed by atoms with Gasteiger partial charge in [-0.15, -0.1) is 0 Å². The molecule has 4 fully saturated rings. The van der Waals surface area contributed by atoms with Crippen LogP contribution in [-0.2, 0) is 14.3 Å². The van der Waals surface area contributed by atoms with E-state index in [9.17, 15) is 35.4 Å². The van der Waals surface area contributed by atoms with Crippen LogP contribution in [0.15, 0.2) is 11.6 Å². The second kappa shape index (κ2) is 5.40. The lowest BCUT2D eigenvalue weighted by Crippen LogP contribution is -2.86. The van der Waals surface area contributed by atoms with Crippen LogP contribution >= 0.6 is 0 Å². The van der Waals surface area contributed by atoms with Crippen molar-refractivity contribution in [1.82, 2.24) is 0 Å². The van der Waals surface area contributed by atoms with E-state index in [1.807, 2.05) is 0 Å². The van der Waals surface area contributed by atoms with Gasteiger partial charge < -0.3 is 40.1 Å². The number of carbonyl (C=O) groups is 1. The maximum absolute atomic E-state index is 12.5. The molecule has 0 aromatic carbocycles. The molecule has 6 N–H and O–H groups in total. The number of aliphatic hydroxyl groups excluding tert-OH is 5. The number of ether oxygens (including phenoxy) is 2. The highest BCUT2D eigenvalue weighted by atomic mass is 16.6. The first-order valence-electron chi connectivity index (χ1n) is 10.0. The van der Waals surface area contributed by atoms with E-state index >= 15 is 0 Å². The van der Waals surface area contributed by atoms with E-state index in [0.29, 0.717) is 0 Å². The lowest BCUT2D eigenvalue weighted by Gasteiger charge is -2.70. The van der Waals surface area contributed by atoms with Crippen molar-refractivity contribution < 1.29 is 44.9 Å². The summed E-state index contributed by atoms with van der Waals surface area (Å²) in [6.45, 7) is 4.69. The number of carbonyl (C=O) groups excluding carboxylic acids is 1. The lowest BCUT2D eigenvalue weighted by molar-refractivity contribution is -0.355. The zero-order chi connectivity index (χ0) is 21.3. The summed E-state index contributed by atoms with van der Waals surface area (Å²) in [6, 6.07) is 0. The van der Waals surface area contributed by atoms with Crippen LogP contribution in [0.4, 0.5) is 0 Å². The molecule has 2 heterocycles. The number of allylic oxidation sites excluding steroid dienone is 1. The number of rotatable bonds is 0. The molecule has 3 aliphatic carbocycles. The molecule has 2 saturated carbocycles. The number of fused-ring (bicyclic) bond motifs is 2. The highest BCUT2D eigenvalue weighted by Gasteiger charge is 2.88. The van der Waals surface area contributed by atoms with Gasteiger partial charge in [-0.25, -0.2) is 4.79 Å². The average Bonchev–Trinajstić information content (AvgIpc) is 2.85. The first-order valence-corrected chi connectivity index (χ1v) is 10.0. The van der Waals surface area contributed by atoms with Crippen molar-refractivity contribution >= 4 is 5.97 Å². The first kappa shape index (κ1) is 19.9. The Morgan fingerprint density at radius 3 is 2.41 bits per heavy atom. The molecule has 0 amide bonds. The van der Waals surface area contributed by atoms with Crippen molar-refractivity contribution in [3.63, 3.8) is 0 Å². The fraction of sp³-hybridized carbons (Fsp3) is 0.850. The molecule has 0 aromatic rings. The van der Waals surface area contributed by atoms with Crippen LogP contribution in [0.2, 0.25) is 0 Å². The van der Waals surface area contributed by atoms with Gasteiger partial charge in [-0.05, 0) is 26.2 Å². The molecule has 2 bridgehead atoms. The van der Waals surface area contributed by atoms with Gasteiger partial charge in [0.25, 0.3) is 0 Å². The van der Waals surface area contributed by atoms with E-state index in [-0.39, 0.29) is 18.9 Å². The lowest BCUT2D eigenvalue weighted by atomic mass is 9.36. The summed E-state index contributed by atoms with van der Waals surface area (Å²) in [7, 11) is 0. The Kier molecular flexibility index (Phi) is 3.70. The van der Waals surface area contributed by atoms with Crippen LogP contribution in [0.3, 0.4) is 0 Å². The molecule has 12 atom stereocenters. The molecular weight excluding hydrogens is 384 g/mol. The molecular formula is C20H28O9. The van der Waals surface area contributed by atoms with E-state index in [0.717, 1.165) is 5.57 Å². The summed E-state index contributed by atoms with van der Waals surface area (Å²) in [5.74, 6) is -2.42. The van der Waals surface area contributed by atoms with Crippen LogP contribution in [0.25, 0.3) is 0 Å². The van der Waals surface area contributed by atoms with Gasteiger partial charge in [0.1, 0.15) is 23.4 Å². The Labute approximate surface area is 167 Å². The minimum absolute atomic E-state index is 0.179. The van der Waals surface area contributed by atoms with Crippen LogP contribution in [0, 0.1) is 22.7 Å². The second-order valence-electron chi connectivity index (χ2n) is 9.94. The van der Waals surface area contributed by atoms with Crippen molar-refractivity contribution in [2.24, 2.45) is 22.7 Å². The summed E-state index contributed by atoms with van der Waals surface area (Å²) >= 11 is 0. The SMILES string of the molecule is CC1=CC(O)C(O)[C@]2(C)C3C(O)C(O)[C@@]4(C)OC[C@@]35[C@@H](C[C@@H]12)OC(=O)C(O)[C@]54O. The Morgan fingerprint density at radius 2 is 1.76 bits per heavy atom. The molecule has 29 heavy (non-hydrogen) atoms. The van der Waals surface area contributed by atoms with Crippen LogP contribution < -0.4 is 0 Å². The van der Waals surface area contributed by atoms with Gasteiger partial charge in [0.05, 0.1) is 30.3 Å². The monoisotopic (exact) mass is 412 g/mol. The fourth-order valence-electron chi connectivity index (χ4n) is 7.72. The molecule has 2 aliphatic heterocycles. The number of hydrogen-bond donors (Lipinski definition) is 6.